The van der Waals surface area contributed by atoms with Crippen molar-refractivity contribution in [1.29, 1.82) is 0 Å². The van der Waals surface area contributed by atoms with E-state index in [0.29, 0.717) is 32.0 Å². The average molecular weight is 313 g/mol. The summed E-state index contributed by atoms with van der Waals surface area (Å²) in [5.41, 5.74) is 0. The first-order chi connectivity index (χ1) is 10.5. The largest absolute Gasteiger partial charge is 0.480 e. The molecule has 1 spiro atoms. The van der Waals surface area contributed by atoms with E-state index in [4.69, 9.17) is 14.6 Å². The highest BCUT2D eigenvalue weighted by molar-refractivity contribution is 5.80. The third kappa shape index (κ3) is 2.92. The highest BCUT2D eigenvalue weighted by Crippen LogP contribution is 2.41. The lowest BCUT2D eigenvalue weighted by Crippen LogP contribution is -2.45. The van der Waals surface area contributed by atoms with Crippen LogP contribution in [0.5, 0.6) is 0 Å². The molecule has 2 aliphatic heterocycles. The number of amides is 1. The highest BCUT2D eigenvalue weighted by Gasteiger charge is 2.44. The van der Waals surface area contributed by atoms with Crippen LogP contribution in [0.3, 0.4) is 0 Å². The Balaban J connectivity index is 1.57. The van der Waals surface area contributed by atoms with Crippen LogP contribution >= 0.6 is 0 Å². The smallest absolute Gasteiger partial charge is 0.408 e. The minimum absolute atomic E-state index is 0.178. The molecule has 3 rings (SSSR count). The summed E-state index contributed by atoms with van der Waals surface area (Å²) < 4.78 is 11.4. The van der Waals surface area contributed by atoms with E-state index in [2.05, 4.69) is 0 Å². The van der Waals surface area contributed by atoms with Crippen LogP contribution in [0.15, 0.2) is 0 Å². The van der Waals surface area contributed by atoms with Crippen LogP contribution in [0.25, 0.3) is 0 Å². The van der Waals surface area contributed by atoms with Gasteiger partial charge in [0, 0.05) is 18.9 Å². The average Bonchev–Trinajstić information content (AvgIpc) is 3.09. The fourth-order valence-electron chi connectivity index (χ4n) is 4.17. The van der Waals surface area contributed by atoms with Crippen molar-refractivity contribution in [2.24, 2.45) is 5.92 Å². The molecule has 0 radical (unpaired) electrons. The normalized spacial score (nSPS) is 31.7. The van der Waals surface area contributed by atoms with E-state index < -0.39 is 23.9 Å². The first-order valence-corrected chi connectivity index (χ1v) is 8.03. The van der Waals surface area contributed by atoms with E-state index in [1.165, 1.54) is 0 Å². The molecule has 124 valence electrons. The number of ether oxygens (including phenoxy) is 2. The third-order valence-electron chi connectivity index (χ3n) is 5.29. The molecule has 1 saturated carbocycles. The van der Waals surface area contributed by atoms with Crippen molar-refractivity contribution in [1.82, 2.24) is 4.90 Å². The Morgan fingerprint density at radius 1 is 1.05 bits per heavy atom. The molecule has 2 atom stereocenters. The maximum atomic E-state index is 11.4. The first-order valence-electron chi connectivity index (χ1n) is 8.03. The maximum absolute atomic E-state index is 11.4. The summed E-state index contributed by atoms with van der Waals surface area (Å²) in [5, 5.41) is 18.5. The van der Waals surface area contributed by atoms with Gasteiger partial charge in [-0.25, -0.2) is 9.59 Å². The van der Waals surface area contributed by atoms with Gasteiger partial charge in [-0.1, -0.05) is 0 Å². The van der Waals surface area contributed by atoms with Crippen LogP contribution in [-0.4, -0.2) is 58.3 Å². The van der Waals surface area contributed by atoms with Gasteiger partial charge in [-0.05, 0) is 38.0 Å². The van der Waals surface area contributed by atoms with Crippen LogP contribution in [0.2, 0.25) is 0 Å². The Morgan fingerprint density at radius 2 is 1.68 bits per heavy atom. The van der Waals surface area contributed by atoms with Crippen LogP contribution in [0.4, 0.5) is 4.79 Å². The van der Waals surface area contributed by atoms with Crippen molar-refractivity contribution in [3.8, 4) is 0 Å². The Kier molecular flexibility index (Phi) is 4.27. The van der Waals surface area contributed by atoms with Crippen molar-refractivity contribution in [3.63, 3.8) is 0 Å². The van der Waals surface area contributed by atoms with Crippen molar-refractivity contribution < 1.29 is 29.3 Å². The number of carboxylic acid groups (broad SMARTS) is 2. The van der Waals surface area contributed by atoms with E-state index in [1.807, 2.05) is 0 Å². The van der Waals surface area contributed by atoms with Gasteiger partial charge in [0.05, 0.1) is 13.2 Å². The SMILES string of the molecule is O=C(O)C1CC[C@@H](CC2CCC3(CC2)OCCO3)N1C(=O)O. The lowest BCUT2D eigenvalue weighted by atomic mass is 9.81. The molecule has 0 bridgehead atoms. The zero-order valence-corrected chi connectivity index (χ0v) is 12.6. The Hall–Kier alpha value is -1.34. The fraction of sp³-hybridized carbons (Fsp3) is 0.867. The summed E-state index contributed by atoms with van der Waals surface area (Å²) >= 11 is 0. The summed E-state index contributed by atoms with van der Waals surface area (Å²) in [6.45, 7) is 1.31. The van der Waals surface area contributed by atoms with E-state index in [-0.39, 0.29) is 6.04 Å². The quantitative estimate of drug-likeness (QED) is 0.826. The van der Waals surface area contributed by atoms with Crippen molar-refractivity contribution in [2.75, 3.05) is 13.2 Å². The fourth-order valence-corrected chi connectivity index (χ4v) is 4.17. The third-order valence-corrected chi connectivity index (χ3v) is 5.29. The number of likely N-dealkylation sites (tertiary alicyclic amines) is 1. The monoisotopic (exact) mass is 313 g/mol. The molecule has 1 aliphatic carbocycles. The van der Waals surface area contributed by atoms with E-state index in [1.54, 1.807) is 0 Å². The van der Waals surface area contributed by atoms with Crippen molar-refractivity contribution in [2.45, 2.75) is 62.8 Å². The summed E-state index contributed by atoms with van der Waals surface area (Å²) in [6, 6.07) is -1.07. The summed E-state index contributed by atoms with van der Waals surface area (Å²) in [7, 11) is 0. The summed E-state index contributed by atoms with van der Waals surface area (Å²) in [5.74, 6) is -1.03. The number of nitrogens with zero attached hydrogens (tertiary/aromatic N) is 1. The minimum atomic E-state index is -1.12. The molecular weight excluding hydrogens is 290 g/mol. The predicted molar refractivity (Wildman–Crippen MR) is 75.5 cm³/mol. The van der Waals surface area contributed by atoms with E-state index in [9.17, 15) is 14.7 Å². The highest BCUT2D eigenvalue weighted by atomic mass is 16.7. The van der Waals surface area contributed by atoms with Gasteiger partial charge in [0.1, 0.15) is 6.04 Å². The van der Waals surface area contributed by atoms with Gasteiger partial charge in [-0.2, -0.15) is 0 Å². The number of carbonyl (C=O) groups is 2. The molecule has 1 unspecified atom stereocenters. The lowest BCUT2D eigenvalue weighted by Gasteiger charge is -2.37. The molecule has 2 N–H and O–H groups in total. The lowest BCUT2D eigenvalue weighted by molar-refractivity contribution is -0.183. The molecule has 3 aliphatic rings. The van der Waals surface area contributed by atoms with E-state index >= 15 is 0 Å². The van der Waals surface area contributed by atoms with Crippen LogP contribution in [0, 0.1) is 5.92 Å². The van der Waals surface area contributed by atoms with Gasteiger partial charge in [0.15, 0.2) is 5.79 Å². The van der Waals surface area contributed by atoms with Gasteiger partial charge >= 0.3 is 12.1 Å². The molecule has 0 aromatic rings. The van der Waals surface area contributed by atoms with Crippen molar-refractivity contribution >= 4 is 12.1 Å². The first kappa shape index (κ1) is 15.6. The predicted octanol–water partition coefficient (Wildman–Crippen LogP) is 1.91. The second kappa shape index (κ2) is 6.04. The molecule has 22 heavy (non-hydrogen) atoms. The number of hydrogen-bond acceptors (Lipinski definition) is 4. The van der Waals surface area contributed by atoms with Crippen LogP contribution in [-0.2, 0) is 14.3 Å². The molecular formula is C15H23NO6. The molecule has 0 aromatic heterocycles. The van der Waals surface area contributed by atoms with Gasteiger partial charge in [-0.15, -0.1) is 0 Å². The molecule has 7 nitrogen and oxygen atoms in total. The molecule has 0 aromatic carbocycles. The van der Waals surface area contributed by atoms with Crippen LogP contribution < -0.4 is 0 Å². The Bertz CT molecular complexity index is 437. The summed E-state index contributed by atoms with van der Waals surface area (Å²) in [6.07, 6.45) is 4.26. The zero-order chi connectivity index (χ0) is 15.7. The molecule has 1 amide bonds. The molecule has 2 heterocycles. The van der Waals surface area contributed by atoms with Gasteiger partial charge in [0.25, 0.3) is 0 Å². The van der Waals surface area contributed by atoms with E-state index in [0.717, 1.165) is 37.0 Å². The standard InChI is InChI=1S/C15H23NO6/c17-13(18)12-2-1-11(16(12)14(19)20)9-10-3-5-15(6-4-10)21-7-8-22-15/h10-12H,1-9H2,(H,17,18)(H,19,20)/t11-,12?/m0/s1. The van der Waals surface area contributed by atoms with Crippen LogP contribution in [0.1, 0.15) is 44.9 Å². The second-order valence-corrected chi connectivity index (χ2v) is 6.56. The zero-order valence-electron chi connectivity index (χ0n) is 12.6. The van der Waals surface area contributed by atoms with Gasteiger partial charge in [0.2, 0.25) is 0 Å². The second-order valence-electron chi connectivity index (χ2n) is 6.56. The number of aliphatic carboxylic acids is 1. The van der Waals surface area contributed by atoms with Gasteiger partial charge in [-0.3, -0.25) is 4.90 Å². The molecule has 3 fully saturated rings. The summed E-state index contributed by atoms with van der Waals surface area (Å²) in [4.78, 5) is 23.7. The van der Waals surface area contributed by atoms with Gasteiger partial charge < -0.3 is 19.7 Å². The molecule has 7 heteroatoms. The topological polar surface area (TPSA) is 96.3 Å². The number of rotatable bonds is 3. The minimum Gasteiger partial charge on any atom is -0.480 e. The number of hydrogen-bond donors (Lipinski definition) is 2. The molecule has 2 saturated heterocycles. The maximum Gasteiger partial charge on any atom is 0.408 e. The van der Waals surface area contributed by atoms with Crippen molar-refractivity contribution in [3.05, 3.63) is 0 Å². The number of carboxylic acids is 1. The Labute approximate surface area is 129 Å². The Morgan fingerprint density at radius 3 is 2.23 bits per heavy atom.